The van der Waals surface area contributed by atoms with Crippen molar-refractivity contribution in [3.8, 4) is 0 Å². The summed E-state index contributed by atoms with van der Waals surface area (Å²) in [5.41, 5.74) is 1.47. The molecule has 2 heterocycles. The van der Waals surface area contributed by atoms with Crippen molar-refractivity contribution >= 4 is 11.7 Å². The Morgan fingerprint density at radius 2 is 2.28 bits per heavy atom. The van der Waals surface area contributed by atoms with Crippen molar-refractivity contribution in [3.63, 3.8) is 0 Å². The number of amides is 1. The minimum absolute atomic E-state index is 0.147. The SMILES string of the molecule is CCNc1ccc(C(=O)NCc2ccoc2)cn1. The predicted octanol–water partition coefficient (Wildman–Crippen LogP) is 2.04. The van der Waals surface area contributed by atoms with E-state index in [9.17, 15) is 4.79 Å². The number of aromatic nitrogens is 1. The van der Waals surface area contributed by atoms with Gasteiger partial charge in [0.05, 0.1) is 18.1 Å². The molecule has 2 aromatic rings. The average Bonchev–Trinajstić information content (AvgIpc) is 2.90. The van der Waals surface area contributed by atoms with Gasteiger partial charge in [-0.1, -0.05) is 0 Å². The fraction of sp³-hybridized carbons (Fsp3) is 0.231. The topological polar surface area (TPSA) is 67.2 Å². The number of carbonyl (C=O) groups is 1. The monoisotopic (exact) mass is 245 g/mol. The van der Waals surface area contributed by atoms with Crippen molar-refractivity contribution in [1.29, 1.82) is 0 Å². The van der Waals surface area contributed by atoms with E-state index in [1.807, 2.05) is 13.0 Å². The van der Waals surface area contributed by atoms with E-state index < -0.39 is 0 Å². The van der Waals surface area contributed by atoms with Gasteiger partial charge < -0.3 is 15.1 Å². The summed E-state index contributed by atoms with van der Waals surface area (Å²) >= 11 is 0. The van der Waals surface area contributed by atoms with E-state index >= 15 is 0 Å². The fourth-order valence-corrected chi connectivity index (χ4v) is 1.49. The highest BCUT2D eigenvalue weighted by Crippen LogP contribution is 2.05. The number of rotatable bonds is 5. The first-order valence-corrected chi connectivity index (χ1v) is 5.79. The first kappa shape index (κ1) is 12.2. The molecule has 0 atom stereocenters. The third kappa shape index (κ3) is 3.10. The van der Waals surface area contributed by atoms with Gasteiger partial charge in [-0.25, -0.2) is 4.98 Å². The van der Waals surface area contributed by atoms with Gasteiger partial charge in [-0.15, -0.1) is 0 Å². The van der Waals surface area contributed by atoms with Crippen molar-refractivity contribution in [1.82, 2.24) is 10.3 Å². The van der Waals surface area contributed by atoms with Gasteiger partial charge in [-0.05, 0) is 25.1 Å². The van der Waals surface area contributed by atoms with E-state index in [1.54, 1.807) is 30.9 Å². The maximum absolute atomic E-state index is 11.8. The van der Waals surface area contributed by atoms with Crippen LogP contribution >= 0.6 is 0 Å². The van der Waals surface area contributed by atoms with Gasteiger partial charge >= 0.3 is 0 Å². The number of hydrogen-bond donors (Lipinski definition) is 2. The zero-order chi connectivity index (χ0) is 12.8. The molecule has 5 heteroatoms. The number of furan rings is 1. The average molecular weight is 245 g/mol. The van der Waals surface area contributed by atoms with Crippen LogP contribution in [0, 0.1) is 0 Å². The highest BCUT2D eigenvalue weighted by molar-refractivity contribution is 5.93. The van der Waals surface area contributed by atoms with Crippen LogP contribution in [0.2, 0.25) is 0 Å². The fourth-order valence-electron chi connectivity index (χ4n) is 1.49. The maximum atomic E-state index is 11.8. The normalized spacial score (nSPS) is 10.1. The van der Waals surface area contributed by atoms with Crippen LogP contribution in [0.3, 0.4) is 0 Å². The molecule has 0 saturated carbocycles. The van der Waals surface area contributed by atoms with Crippen LogP contribution in [0.5, 0.6) is 0 Å². The largest absolute Gasteiger partial charge is 0.472 e. The molecule has 94 valence electrons. The molecule has 0 bridgehead atoms. The lowest BCUT2D eigenvalue weighted by molar-refractivity contribution is 0.0950. The van der Waals surface area contributed by atoms with Crippen molar-refractivity contribution in [2.75, 3.05) is 11.9 Å². The molecule has 0 aliphatic rings. The minimum atomic E-state index is -0.147. The van der Waals surface area contributed by atoms with E-state index in [2.05, 4.69) is 15.6 Å². The van der Waals surface area contributed by atoms with Crippen molar-refractivity contribution in [2.45, 2.75) is 13.5 Å². The van der Waals surface area contributed by atoms with Crippen molar-refractivity contribution in [3.05, 3.63) is 48.0 Å². The van der Waals surface area contributed by atoms with Crippen LogP contribution < -0.4 is 10.6 Å². The summed E-state index contributed by atoms with van der Waals surface area (Å²) in [6, 6.07) is 5.35. The summed E-state index contributed by atoms with van der Waals surface area (Å²) in [6.07, 6.45) is 4.74. The Labute approximate surface area is 105 Å². The number of hydrogen-bond acceptors (Lipinski definition) is 4. The standard InChI is InChI=1S/C13H15N3O2/c1-2-14-12-4-3-11(8-15-12)13(17)16-7-10-5-6-18-9-10/h3-6,8-9H,2,7H2,1H3,(H,14,15)(H,16,17). The molecule has 2 rings (SSSR count). The smallest absolute Gasteiger partial charge is 0.253 e. The summed E-state index contributed by atoms with van der Waals surface area (Å²) in [6.45, 7) is 3.25. The zero-order valence-electron chi connectivity index (χ0n) is 10.1. The lowest BCUT2D eigenvalue weighted by Gasteiger charge is -2.05. The molecule has 18 heavy (non-hydrogen) atoms. The Balaban J connectivity index is 1.92. The molecule has 2 aromatic heterocycles. The van der Waals surface area contributed by atoms with Crippen LogP contribution in [-0.4, -0.2) is 17.4 Å². The van der Waals surface area contributed by atoms with E-state index in [-0.39, 0.29) is 5.91 Å². The number of nitrogens with zero attached hydrogens (tertiary/aromatic N) is 1. The molecule has 0 aliphatic carbocycles. The summed E-state index contributed by atoms with van der Waals surface area (Å²) in [4.78, 5) is 16.0. The second kappa shape index (κ2) is 5.86. The predicted molar refractivity (Wildman–Crippen MR) is 68.3 cm³/mol. The quantitative estimate of drug-likeness (QED) is 0.845. The number of pyridine rings is 1. The van der Waals surface area contributed by atoms with Crippen LogP contribution in [0.1, 0.15) is 22.8 Å². The first-order chi connectivity index (χ1) is 8.79. The Kier molecular flexibility index (Phi) is 3.96. The van der Waals surface area contributed by atoms with Crippen molar-refractivity contribution < 1.29 is 9.21 Å². The molecule has 1 amide bonds. The lowest BCUT2D eigenvalue weighted by Crippen LogP contribution is -2.22. The van der Waals surface area contributed by atoms with E-state index in [4.69, 9.17) is 4.42 Å². The van der Waals surface area contributed by atoms with Crippen LogP contribution in [-0.2, 0) is 6.54 Å². The maximum Gasteiger partial charge on any atom is 0.253 e. The van der Waals surface area contributed by atoms with Crippen LogP contribution in [0.15, 0.2) is 41.3 Å². The summed E-state index contributed by atoms with van der Waals surface area (Å²) in [5.74, 6) is 0.621. The first-order valence-electron chi connectivity index (χ1n) is 5.79. The number of carbonyl (C=O) groups excluding carboxylic acids is 1. The highest BCUT2D eigenvalue weighted by atomic mass is 16.3. The van der Waals surface area contributed by atoms with E-state index in [0.29, 0.717) is 12.1 Å². The summed E-state index contributed by atoms with van der Waals surface area (Å²) < 4.78 is 4.92. The second-order valence-electron chi connectivity index (χ2n) is 3.78. The Bertz CT molecular complexity index is 491. The molecule has 2 N–H and O–H groups in total. The second-order valence-corrected chi connectivity index (χ2v) is 3.78. The van der Waals surface area contributed by atoms with Gasteiger partial charge in [0.15, 0.2) is 0 Å². The molecular formula is C13H15N3O2. The van der Waals surface area contributed by atoms with Gasteiger partial charge in [-0.3, -0.25) is 4.79 Å². The minimum Gasteiger partial charge on any atom is -0.472 e. The number of nitrogens with one attached hydrogen (secondary N) is 2. The van der Waals surface area contributed by atoms with Gasteiger partial charge in [0.2, 0.25) is 0 Å². The molecule has 0 saturated heterocycles. The zero-order valence-corrected chi connectivity index (χ0v) is 10.1. The Morgan fingerprint density at radius 3 is 2.89 bits per heavy atom. The molecule has 0 aliphatic heterocycles. The molecule has 0 spiro atoms. The summed E-state index contributed by atoms with van der Waals surface area (Å²) in [5, 5.41) is 5.87. The van der Waals surface area contributed by atoms with Crippen molar-refractivity contribution in [2.24, 2.45) is 0 Å². The molecule has 0 fully saturated rings. The summed E-state index contributed by atoms with van der Waals surface area (Å²) in [7, 11) is 0. The van der Waals surface area contributed by atoms with Crippen LogP contribution in [0.25, 0.3) is 0 Å². The third-order valence-electron chi connectivity index (χ3n) is 2.42. The van der Waals surface area contributed by atoms with Gasteiger partial charge in [0.1, 0.15) is 5.82 Å². The molecular weight excluding hydrogens is 230 g/mol. The van der Waals surface area contributed by atoms with Gasteiger partial charge in [0.25, 0.3) is 5.91 Å². The molecule has 5 nitrogen and oxygen atoms in total. The molecule has 0 radical (unpaired) electrons. The Morgan fingerprint density at radius 1 is 1.39 bits per heavy atom. The van der Waals surface area contributed by atoms with Gasteiger partial charge in [0, 0.05) is 24.8 Å². The number of anilines is 1. The van der Waals surface area contributed by atoms with Gasteiger partial charge in [-0.2, -0.15) is 0 Å². The third-order valence-corrected chi connectivity index (χ3v) is 2.42. The lowest BCUT2D eigenvalue weighted by atomic mass is 10.2. The van der Waals surface area contributed by atoms with E-state index in [1.165, 1.54) is 0 Å². The highest BCUT2D eigenvalue weighted by Gasteiger charge is 2.06. The Hall–Kier alpha value is -2.30. The van der Waals surface area contributed by atoms with Crippen LogP contribution in [0.4, 0.5) is 5.82 Å². The van der Waals surface area contributed by atoms with E-state index in [0.717, 1.165) is 17.9 Å². The molecule has 0 aromatic carbocycles. The molecule has 0 unspecified atom stereocenters.